The highest BCUT2D eigenvalue weighted by atomic mass is 16.5. The molecule has 25 heavy (non-hydrogen) atoms. The first kappa shape index (κ1) is 17.6. The SMILES string of the molecule is CCc1onc(C)c1NC(=O)C[C@@H]1CN(Cc2ccccc2)CCO1. The summed E-state index contributed by atoms with van der Waals surface area (Å²) in [7, 11) is 0. The van der Waals surface area contributed by atoms with Gasteiger partial charge in [-0.15, -0.1) is 0 Å². The zero-order valence-electron chi connectivity index (χ0n) is 14.8. The first-order chi connectivity index (χ1) is 12.2. The molecule has 1 aromatic heterocycles. The molecule has 0 bridgehead atoms. The highest BCUT2D eigenvalue weighted by molar-refractivity contribution is 5.92. The van der Waals surface area contributed by atoms with E-state index in [9.17, 15) is 4.79 Å². The molecule has 6 heteroatoms. The molecule has 0 saturated carbocycles. The van der Waals surface area contributed by atoms with Gasteiger partial charge < -0.3 is 14.6 Å². The Morgan fingerprint density at radius 3 is 2.92 bits per heavy atom. The summed E-state index contributed by atoms with van der Waals surface area (Å²) in [5.74, 6) is 0.647. The Kier molecular flexibility index (Phi) is 5.83. The van der Waals surface area contributed by atoms with Gasteiger partial charge in [-0.2, -0.15) is 0 Å². The lowest BCUT2D eigenvalue weighted by atomic mass is 10.1. The molecule has 1 amide bonds. The molecular formula is C19H25N3O3. The first-order valence-electron chi connectivity index (χ1n) is 8.78. The number of carbonyl (C=O) groups excluding carboxylic acids is 1. The summed E-state index contributed by atoms with van der Waals surface area (Å²) in [5.41, 5.74) is 2.69. The fourth-order valence-corrected chi connectivity index (χ4v) is 3.10. The van der Waals surface area contributed by atoms with Crippen molar-refractivity contribution >= 4 is 11.6 Å². The molecule has 3 rings (SSSR count). The molecule has 0 radical (unpaired) electrons. The Morgan fingerprint density at radius 2 is 2.16 bits per heavy atom. The number of nitrogens with zero attached hydrogens (tertiary/aromatic N) is 2. The van der Waals surface area contributed by atoms with E-state index in [4.69, 9.17) is 9.26 Å². The molecule has 1 saturated heterocycles. The van der Waals surface area contributed by atoms with Crippen LogP contribution in [0.4, 0.5) is 5.69 Å². The second-order valence-corrected chi connectivity index (χ2v) is 6.39. The van der Waals surface area contributed by atoms with Crippen molar-refractivity contribution in [1.82, 2.24) is 10.1 Å². The molecule has 1 N–H and O–H groups in total. The van der Waals surface area contributed by atoms with E-state index in [0.29, 0.717) is 36.6 Å². The average molecular weight is 343 g/mol. The van der Waals surface area contributed by atoms with Crippen molar-refractivity contribution in [2.45, 2.75) is 39.3 Å². The van der Waals surface area contributed by atoms with Crippen molar-refractivity contribution < 1.29 is 14.1 Å². The van der Waals surface area contributed by atoms with E-state index in [-0.39, 0.29) is 12.0 Å². The van der Waals surface area contributed by atoms with Crippen molar-refractivity contribution in [3.8, 4) is 0 Å². The molecule has 1 atom stereocenters. The summed E-state index contributed by atoms with van der Waals surface area (Å²) in [4.78, 5) is 14.7. The van der Waals surface area contributed by atoms with E-state index < -0.39 is 0 Å². The van der Waals surface area contributed by atoms with Crippen molar-refractivity contribution in [3.05, 3.63) is 47.3 Å². The van der Waals surface area contributed by atoms with E-state index in [1.54, 1.807) is 0 Å². The van der Waals surface area contributed by atoms with E-state index in [1.165, 1.54) is 5.56 Å². The topological polar surface area (TPSA) is 67.6 Å². The second kappa shape index (κ2) is 8.27. The van der Waals surface area contributed by atoms with Crippen LogP contribution in [0, 0.1) is 6.92 Å². The van der Waals surface area contributed by atoms with Crippen molar-refractivity contribution in [3.63, 3.8) is 0 Å². The number of ether oxygens (including phenoxy) is 1. The predicted octanol–water partition coefficient (Wildman–Crippen LogP) is 2.78. The Hall–Kier alpha value is -2.18. The van der Waals surface area contributed by atoms with Gasteiger partial charge in [0.05, 0.1) is 19.1 Å². The van der Waals surface area contributed by atoms with Gasteiger partial charge in [-0.25, -0.2) is 0 Å². The van der Waals surface area contributed by atoms with Crippen LogP contribution < -0.4 is 5.32 Å². The largest absolute Gasteiger partial charge is 0.375 e. The number of amides is 1. The molecule has 1 aliphatic rings. The van der Waals surface area contributed by atoms with E-state index in [0.717, 1.165) is 19.6 Å². The Bertz CT molecular complexity index is 699. The molecule has 1 aromatic carbocycles. The molecule has 0 unspecified atom stereocenters. The molecule has 0 spiro atoms. The van der Waals surface area contributed by atoms with Gasteiger partial charge in [0.25, 0.3) is 0 Å². The molecular weight excluding hydrogens is 318 g/mol. The standard InChI is InChI=1S/C19H25N3O3/c1-3-17-19(14(2)21-25-17)20-18(23)11-16-13-22(9-10-24-16)12-15-7-5-4-6-8-15/h4-8,16H,3,9-13H2,1-2H3,(H,20,23)/t16-/m1/s1. The Labute approximate surface area is 148 Å². The summed E-state index contributed by atoms with van der Waals surface area (Å²) >= 11 is 0. The summed E-state index contributed by atoms with van der Waals surface area (Å²) in [6.07, 6.45) is 0.933. The van der Waals surface area contributed by atoms with Crippen molar-refractivity contribution in [1.29, 1.82) is 0 Å². The molecule has 6 nitrogen and oxygen atoms in total. The van der Waals surface area contributed by atoms with Gasteiger partial charge in [-0.1, -0.05) is 42.4 Å². The molecule has 1 fully saturated rings. The maximum absolute atomic E-state index is 12.4. The monoisotopic (exact) mass is 343 g/mol. The van der Waals surface area contributed by atoms with Gasteiger partial charge in [0.15, 0.2) is 5.76 Å². The van der Waals surface area contributed by atoms with Crippen LogP contribution in [0.15, 0.2) is 34.9 Å². The lowest BCUT2D eigenvalue weighted by Gasteiger charge is -2.32. The zero-order valence-corrected chi connectivity index (χ0v) is 14.8. The third-order valence-electron chi connectivity index (χ3n) is 4.40. The average Bonchev–Trinajstić information content (AvgIpc) is 2.96. The van der Waals surface area contributed by atoms with Gasteiger partial charge in [-0.3, -0.25) is 9.69 Å². The molecule has 2 aromatic rings. The van der Waals surface area contributed by atoms with Gasteiger partial charge >= 0.3 is 0 Å². The fraction of sp³-hybridized carbons (Fsp3) is 0.474. The minimum absolute atomic E-state index is 0.0624. The van der Waals surface area contributed by atoms with Crippen LogP contribution in [0.5, 0.6) is 0 Å². The summed E-state index contributed by atoms with van der Waals surface area (Å²) < 4.78 is 11.0. The minimum atomic E-state index is -0.0947. The normalized spacial score (nSPS) is 18.2. The number of anilines is 1. The summed E-state index contributed by atoms with van der Waals surface area (Å²) in [6.45, 7) is 6.98. The van der Waals surface area contributed by atoms with Gasteiger partial charge in [-0.05, 0) is 12.5 Å². The van der Waals surface area contributed by atoms with Crippen molar-refractivity contribution in [2.24, 2.45) is 0 Å². The maximum atomic E-state index is 12.4. The lowest BCUT2D eigenvalue weighted by Crippen LogP contribution is -2.43. The highest BCUT2D eigenvalue weighted by Crippen LogP contribution is 2.21. The zero-order chi connectivity index (χ0) is 17.6. The Balaban J connectivity index is 1.53. The third-order valence-corrected chi connectivity index (χ3v) is 4.40. The van der Waals surface area contributed by atoms with E-state index >= 15 is 0 Å². The minimum Gasteiger partial charge on any atom is -0.375 e. The second-order valence-electron chi connectivity index (χ2n) is 6.39. The van der Waals surface area contributed by atoms with Gasteiger partial charge in [0, 0.05) is 26.1 Å². The number of aromatic nitrogens is 1. The number of morpholine rings is 1. The van der Waals surface area contributed by atoms with Crippen LogP contribution in [-0.4, -0.2) is 41.8 Å². The van der Waals surface area contributed by atoms with E-state index in [1.807, 2.05) is 32.0 Å². The number of carbonyl (C=O) groups is 1. The van der Waals surface area contributed by atoms with Gasteiger partial charge in [0.2, 0.25) is 5.91 Å². The number of aryl methyl sites for hydroxylation is 2. The number of hydrogen-bond acceptors (Lipinski definition) is 5. The quantitative estimate of drug-likeness (QED) is 0.873. The molecule has 1 aliphatic heterocycles. The molecule has 134 valence electrons. The van der Waals surface area contributed by atoms with Crippen LogP contribution in [0.1, 0.15) is 30.4 Å². The van der Waals surface area contributed by atoms with Crippen LogP contribution in [0.2, 0.25) is 0 Å². The number of benzene rings is 1. The maximum Gasteiger partial charge on any atom is 0.227 e. The van der Waals surface area contributed by atoms with Crippen LogP contribution in [0.25, 0.3) is 0 Å². The van der Waals surface area contributed by atoms with Crippen LogP contribution in [0.3, 0.4) is 0 Å². The van der Waals surface area contributed by atoms with Crippen LogP contribution >= 0.6 is 0 Å². The summed E-state index contributed by atoms with van der Waals surface area (Å²) in [6, 6.07) is 10.4. The highest BCUT2D eigenvalue weighted by Gasteiger charge is 2.24. The van der Waals surface area contributed by atoms with Gasteiger partial charge in [0.1, 0.15) is 11.4 Å². The Morgan fingerprint density at radius 1 is 1.36 bits per heavy atom. The lowest BCUT2D eigenvalue weighted by molar-refractivity contribution is -0.121. The van der Waals surface area contributed by atoms with Crippen LogP contribution in [-0.2, 0) is 22.5 Å². The molecule has 0 aliphatic carbocycles. The number of hydrogen-bond donors (Lipinski definition) is 1. The molecule has 2 heterocycles. The number of nitrogens with one attached hydrogen (secondary N) is 1. The number of rotatable bonds is 6. The fourth-order valence-electron chi connectivity index (χ4n) is 3.10. The smallest absolute Gasteiger partial charge is 0.227 e. The summed E-state index contributed by atoms with van der Waals surface area (Å²) in [5, 5.41) is 6.84. The van der Waals surface area contributed by atoms with Crippen molar-refractivity contribution in [2.75, 3.05) is 25.0 Å². The third kappa shape index (κ3) is 4.67. The first-order valence-corrected chi connectivity index (χ1v) is 8.78. The predicted molar refractivity (Wildman–Crippen MR) is 95.3 cm³/mol. The van der Waals surface area contributed by atoms with E-state index in [2.05, 4.69) is 27.5 Å².